The number of aromatic nitrogens is 1. The molecule has 0 bridgehead atoms. The van der Waals surface area contributed by atoms with E-state index in [1.165, 1.54) is 11.1 Å². The van der Waals surface area contributed by atoms with Gasteiger partial charge in [-0.15, -0.1) is 6.58 Å². The molecule has 0 spiro atoms. The van der Waals surface area contributed by atoms with Crippen LogP contribution in [0.5, 0.6) is 0 Å². The Morgan fingerprint density at radius 1 is 1.17 bits per heavy atom. The highest BCUT2D eigenvalue weighted by atomic mass is 16.1. The van der Waals surface area contributed by atoms with Gasteiger partial charge in [-0.1, -0.05) is 38.1 Å². The van der Waals surface area contributed by atoms with E-state index in [-0.39, 0.29) is 5.91 Å². The highest BCUT2D eigenvalue weighted by Crippen LogP contribution is 2.25. The van der Waals surface area contributed by atoms with E-state index in [1.54, 1.807) is 18.3 Å². The van der Waals surface area contributed by atoms with E-state index in [0.717, 1.165) is 24.3 Å². The predicted octanol–water partition coefficient (Wildman–Crippen LogP) is 3.87. The number of rotatable bonds is 7. The first-order valence-corrected chi connectivity index (χ1v) is 7.92. The zero-order valence-corrected chi connectivity index (χ0v) is 13.7. The molecule has 1 aromatic carbocycles. The van der Waals surface area contributed by atoms with E-state index >= 15 is 0 Å². The Balaban J connectivity index is 2.18. The molecule has 4 nitrogen and oxygen atoms in total. The van der Waals surface area contributed by atoms with Crippen molar-refractivity contribution in [1.29, 1.82) is 0 Å². The minimum absolute atomic E-state index is 0.146. The summed E-state index contributed by atoms with van der Waals surface area (Å²) in [6.45, 7) is 8.31. The number of nitrogens with zero attached hydrogens (tertiary/aromatic N) is 1. The molecule has 0 aliphatic carbocycles. The van der Waals surface area contributed by atoms with Gasteiger partial charge in [-0.05, 0) is 36.1 Å². The van der Waals surface area contributed by atoms with Gasteiger partial charge in [-0.25, -0.2) is 4.98 Å². The third kappa shape index (κ3) is 4.19. The van der Waals surface area contributed by atoms with Crippen molar-refractivity contribution in [1.82, 2.24) is 10.3 Å². The van der Waals surface area contributed by atoms with Crippen LogP contribution in [0.1, 0.15) is 35.3 Å². The number of amides is 1. The lowest BCUT2D eigenvalue weighted by Gasteiger charge is -2.15. The number of pyridine rings is 1. The van der Waals surface area contributed by atoms with Crippen LogP contribution in [0.4, 0.5) is 11.5 Å². The van der Waals surface area contributed by atoms with Crippen LogP contribution in [0, 0.1) is 0 Å². The summed E-state index contributed by atoms with van der Waals surface area (Å²) in [7, 11) is 0. The lowest BCUT2D eigenvalue weighted by Crippen LogP contribution is -2.23. The molecule has 23 heavy (non-hydrogen) atoms. The predicted molar refractivity (Wildman–Crippen MR) is 95.2 cm³/mol. The van der Waals surface area contributed by atoms with Gasteiger partial charge in [0.15, 0.2) is 0 Å². The first-order valence-electron chi connectivity index (χ1n) is 7.92. The van der Waals surface area contributed by atoms with Gasteiger partial charge < -0.3 is 10.6 Å². The van der Waals surface area contributed by atoms with E-state index in [4.69, 9.17) is 0 Å². The Morgan fingerprint density at radius 3 is 2.39 bits per heavy atom. The first-order chi connectivity index (χ1) is 11.2. The maximum Gasteiger partial charge on any atom is 0.253 e. The van der Waals surface area contributed by atoms with Crippen molar-refractivity contribution in [3.63, 3.8) is 0 Å². The van der Waals surface area contributed by atoms with E-state index < -0.39 is 0 Å². The number of carbonyl (C=O) groups is 1. The molecule has 0 unspecified atom stereocenters. The van der Waals surface area contributed by atoms with Gasteiger partial charge in [0, 0.05) is 18.4 Å². The standard InChI is InChI=1S/C19H23N3O/c1-4-12-20-19(23)16-10-11-17(21-13-16)22-18-14(5-2)8-7-9-15(18)6-3/h4,7-11,13H,1,5-6,12H2,2-3H3,(H,20,23)(H,21,22). The number of nitrogens with one attached hydrogen (secondary N) is 2. The summed E-state index contributed by atoms with van der Waals surface area (Å²) in [5, 5.41) is 6.13. The molecule has 1 aromatic heterocycles. The Labute approximate surface area is 137 Å². The second-order valence-electron chi connectivity index (χ2n) is 5.21. The molecule has 0 aliphatic rings. The highest BCUT2D eigenvalue weighted by Gasteiger charge is 2.08. The lowest BCUT2D eigenvalue weighted by molar-refractivity contribution is 0.0957. The largest absolute Gasteiger partial charge is 0.349 e. The summed E-state index contributed by atoms with van der Waals surface area (Å²) < 4.78 is 0. The molecule has 2 N–H and O–H groups in total. The molecule has 0 saturated carbocycles. The van der Waals surface area contributed by atoms with E-state index in [2.05, 4.69) is 54.2 Å². The van der Waals surface area contributed by atoms with E-state index in [9.17, 15) is 4.79 Å². The van der Waals surface area contributed by atoms with Crippen LogP contribution >= 0.6 is 0 Å². The van der Waals surface area contributed by atoms with Gasteiger partial charge in [0.2, 0.25) is 0 Å². The summed E-state index contributed by atoms with van der Waals surface area (Å²) in [6, 6.07) is 9.93. The van der Waals surface area contributed by atoms with Crippen molar-refractivity contribution >= 4 is 17.4 Å². The molecule has 0 atom stereocenters. The number of anilines is 2. The zero-order valence-electron chi connectivity index (χ0n) is 13.7. The molecule has 1 amide bonds. The van der Waals surface area contributed by atoms with Gasteiger partial charge in [-0.2, -0.15) is 0 Å². The summed E-state index contributed by atoms with van der Waals surface area (Å²) >= 11 is 0. The topological polar surface area (TPSA) is 54.0 Å². The highest BCUT2D eigenvalue weighted by molar-refractivity contribution is 5.94. The second kappa shape index (κ2) is 8.13. The minimum atomic E-state index is -0.146. The number of para-hydroxylation sites is 1. The summed E-state index contributed by atoms with van der Waals surface area (Å²) in [4.78, 5) is 16.2. The van der Waals surface area contributed by atoms with Gasteiger partial charge >= 0.3 is 0 Å². The van der Waals surface area contributed by atoms with Crippen LogP contribution in [0.3, 0.4) is 0 Å². The number of carbonyl (C=O) groups excluding carboxylic acids is 1. The average Bonchev–Trinajstić information content (AvgIpc) is 2.60. The molecule has 0 fully saturated rings. The molecule has 0 saturated heterocycles. The number of benzene rings is 1. The Morgan fingerprint density at radius 2 is 1.87 bits per heavy atom. The molecule has 1 heterocycles. The fourth-order valence-corrected chi connectivity index (χ4v) is 2.40. The van der Waals surface area contributed by atoms with Crippen LogP contribution in [-0.4, -0.2) is 17.4 Å². The first kappa shape index (κ1) is 16.7. The van der Waals surface area contributed by atoms with Gasteiger partial charge in [0.25, 0.3) is 5.91 Å². The van der Waals surface area contributed by atoms with Crippen molar-refractivity contribution in [3.05, 3.63) is 65.9 Å². The number of aryl methyl sites for hydroxylation is 2. The molecule has 120 valence electrons. The van der Waals surface area contributed by atoms with Gasteiger partial charge in [0.05, 0.1) is 5.56 Å². The van der Waals surface area contributed by atoms with Gasteiger partial charge in [0.1, 0.15) is 5.82 Å². The molecular formula is C19H23N3O. The van der Waals surface area contributed by atoms with Crippen LogP contribution in [0.15, 0.2) is 49.2 Å². The lowest BCUT2D eigenvalue weighted by atomic mass is 10.0. The van der Waals surface area contributed by atoms with Crippen molar-refractivity contribution in [2.75, 3.05) is 11.9 Å². The molecule has 0 aliphatic heterocycles. The third-order valence-corrected chi connectivity index (χ3v) is 3.68. The molecule has 2 aromatic rings. The summed E-state index contributed by atoms with van der Waals surface area (Å²) in [5.74, 6) is 0.591. The summed E-state index contributed by atoms with van der Waals surface area (Å²) in [5.41, 5.74) is 4.18. The van der Waals surface area contributed by atoms with Crippen LogP contribution in [0.25, 0.3) is 0 Å². The molecule has 0 radical (unpaired) electrons. The summed E-state index contributed by atoms with van der Waals surface area (Å²) in [6.07, 6.45) is 5.15. The molecule has 4 heteroatoms. The van der Waals surface area contributed by atoms with Crippen LogP contribution < -0.4 is 10.6 Å². The Hall–Kier alpha value is -2.62. The maximum atomic E-state index is 11.9. The second-order valence-corrected chi connectivity index (χ2v) is 5.21. The van der Waals surface area contributed by atoms with Crippen molar-refractivity contribution in [2.24, 2.45) is 0 Å². The minimum Gasteiger partial charge on any atom is -0.349 e. The van der Waals surface area contributed by atoms with Gasteiger partial charge in [-0.3, -0.25) is 4.79 Å². The Bertz CT molecular complexity index is 655. The monoisotopic (exact) mass is 309 g/mol. The fraction of sp³-hybridized carbons (Fsp3) is 0.263. The van der Waals surface area contributed by atoms with Crippen LogP contribution in [-0.2, 0) is 12.8 Å². The fourth-order valence-electron chi connectivity index (χ4n) is 2.40. The van der Waals surface area contributed by atoms with Crippen molar-refractivity contribution in [2.45, 2.75) is 26.7 Å². The third-order valence-electron chi connectivity index (χ3n) is 3.68. The van der Waals surface area contributed by atoms with Crippen LogP contribution in [0.2, 0.25) is 0 Å². The average molecular weight is 309 g/mol. The molecule has 2 rings (SSSR count). The quantitative estimate of drug-likeness (QED) is 0.763. The smallest absolute Gasteiger partial charge is 0.253 e. The normalized spacial score (nSPS) is 10.2. The number of hydrogen-bond acceptors (Lipinski definition) is 3. The van der Waals surface area contributed by atoms with Crippen molar-refractivity contribution < 1.29 is 4.79 Å². The zero-order chi connectivity index (χ0) is 16.7. The van der Waals surface area contributed by atoms with E-state index in [0.29, 0.717) is 12.1 Å². The van der Waals surface area contributed by atoms with E-state index in [1.807, 2.05) is 6.07 Å². The van der Waals surface area contributed by atoms with Crippen molar-refractivity contribution in [3.8, 4) is 0 Å². The maximum absolute atomic E-state index is 11.9. The molecular weight excluding hydrogens is 286 g/mol. The Kier molecular flexibility index (Phi) is 5.92. The SMILES string of the molecule is C=CCNC(=O)c1ccc(Nc2c(CC)cccc2CC)nc1. The number of hydrogen-bond donors (Lipinski definition) is 2.